The van der Waals surface area contributed by atoms with E-state index in [0.29, 0.717) is 0 Å². The lowest BCUT2D eigenvalue weighted by Crippen LogP contribution is -2.26. The van der Waals surface area contributed by atoms with Crippen LogP contribution < -0.4 is 4.89 Å². The lowest BCUT2D eigenvalue weighted by Gasteiger charge is -2.06. The first-order valence-electron chi connectivity index (χ1n) is 4.62. The van der Waals surface area contributed by atoms with Gasteiger partial charge in [0.25, 0.3) is 10.0 Å². The Morgan fingerprint density at radius 3 is 2.22 bits per heavy atom. The second kappa shape index (κ2) is 5.04. The third kappa shape index (κ3) is 3.79. The van der Waals surface area contributed by atoms with E-state index in [0.717, 1.165) is 19.2 Å². The first kappa shape index (κ1) is 14.6. The average Bonchev–Trinajstić information content (AvgIpc) is 2.26. The minimum Gasteiger partial charge on any atom is -0.356 e. The van der Waals surface area contributed by atoms with Crippen LogP contribution in [0.15, 0.2) is 34.1 Å². The molecule has 0 aliphatic rings. The predicted octanol–water partition coefficient (Wildman–Crippen LogP) is -0.153. The van der Waals surface area contributed by atoms with Gasteiger partial charge in [0.05, 0.1) is 9.79 Å². The van der Waals surface area contributed by atoms with Crippen molar-refractivity contribution in [3.05, 3.63) is 24.3 Å². The molecule has 100 valence electrons. The van der Waals surface area contributed by atoms with Gasteiger partial charge in [-0.25, -0.2) is 16.8 Å². The van der Waals surface area contributed by atoms with Crippen molar-refractivity contribution in [3.63, 3.8) is 0 Å². The van der Waals surface area contributed by atoms with Crippen LogP contribution in [0.3, 0.4) is 0 Å². The standard InChI is InChI=1S/C9H11NO6S2/c1-7(11)16-10-18(14,15)9-5-3-4-8(6-9)17(2,12)13/h3-6,10H,1-2H3. The minimum atomic E-state index is -4.10. The monoisotopic (exact) mass is 293 g/mol. The number of carbonyl (C=O) groups is 1. The number of hydrogen-bond acceptors (Lipinski definition) is 6. The van der Waals surface area contributed by atoms with Crippen LogP contribution in [0.4, 0.5) is 0 Å². The molecule has 1 aromatic rings. The van der Waals surface area contributed by atoms with E-state index >= 15 is 0 Å². The van der Waals surface area contributed by atoms with Crippen molar-refractivity contribution in [1.29, 1.82) is 0 Å². The molecule has 0 aliphatic heterocycles. The lowest BCUT2D eigenvalue weighted by molar-refractivity contribution is -0.144. The maximum atomic E-state index is 11.6. The largest absolute Gasteiger partial charge is 0.356 e. The van der Waals surface area contributed by atoms with Crippen LogP contribution >= 0.6 is 0 Å². The van der Waals surface area contributed by atoms with Crippen molar-refractivity contribution < 1.29 is 26.5 Å². The van der Waals surface area contributed by atoms with Gasteiger partial charge in [-0.15, -0.1) is 0 Å². The van der Waals surface area contributed by atoms with E-state index < -0.39 is 25.8 Å². The second-order valence-electron chi connectivity index (χ2n) is 3.43. The molecule has 1 aromatic carbocycles. The molecule has 1 N–H and O–H groups in total. The van der Waals surface area contributed by atoms with Gasteiger partial charge in [-0.1, -0.05) is 6.07 Å². The fourth-order valence-electron chi connectivity index (χ4n) is 1.03. The van der Waals surface area contributed by atoms with Crippen LogP contribution in [-0.2, 0) is 29.5 Å². The molecule has 7 nitrogen and oxygen atoms in total. The predicted molar refractivity (Wildman–Crippen MR) is 61.6 cm³/mol. The topological polar surface area (TPSA) is 107 Å². The summed E-state index contributed by atoms with van der Waals surface area (Å²) in [4.78, 5) is 15.8. The normalized spacial score (nSPS) is 12.1. The van der Waals surface area contributed by atoms with E-state index in [9.17, 15) is 21.6 Å². The van der Waals surface area contributed by atoms with Gasteiger partial charge >= 0.3 is 5.97 Å². The van der Waals surface area contributed by atoms with E-state index in [1.165, 1.54) is 18.2 Å². The quantitative estimate of drug-likeness (QED) is 0.773. The SMILES string of the molecule is CC(=O)ONS(=O)(=O)c1cccc(S(C)(=O)=O)c1. The van der Waals surface area contributed by atoms with Gasteiger partial charge in [0.15, 0.2) is 9.84 Å². The summed E-state index contributed by atoms with van der Waals surface area (Å²) < 4.78 is 45.8. The number of hydrogen-bond donors (Lipinski definition) is 1. The number of benzene rings is 1. The molecule has 18 heavy (non-hydrogen) atoms. The molecule has 0 aromatic heterocycles. The Bertz CT molecular complexity index is 662. The van der Waals surface area contributed by atoms with E-state index in [4.69, 9.17) is 0 Å². The zero-order valence-electron chi connectivity index (χ0n) is 9.58. The Labute approximate surface area is 105 Å². The molecule has 1 rings (SSSR count). The molecule has 0 atom stereocenters. The van der Waals surface area contributed by atoms with Crippen molar-refractivity contribution in [2.45, 2.75) is 16.7 Å². The maximum absolute atomic E-state index is 11.6. The Morgan fingerprint density at radius 2 is 1.72 bits per heavy atom. The van der Waals surface area contributed by atoms with Gasteiger partial charge in [0.2, 0.25) is 0 Å². The molecule has 0 bridgehead atoms. The first-order chi connectivity index (χ1) is 8.13. The molecule has 0 saturated heterocycles. The Morgan fingerprint density at radius 1 is 1.17 bits per heavy atom. The first-order valence-corrected chi connectivity index (χ1v) is 8.00. The highest BCUT2D eigenvalue weighted by molar-refractivity contribution is 7.91. The van der Waals surface area contributed by atoms with Crippen LogP contribution in [-0.4, -0.2) is 29.1 Å². The molecule has 0 radical (unpaired) electrons. The van der Waals surface area contributed by atoms with Crippen molar-refractivity contribution in [2.24, 2.45) is 0 Å². The zero-order valence-corrected chi connectivity index (χ0v) is 11.2. The minimum absolute atomic E-state index is 0.145. The van der Waals surface area contributed by atoms with E-state index in [-0.39, 0.29) is 9.79 Å². The summed E-state index contributed by atoms with van der Waals surface area (Å²) in [6.45, 7) is 1.02. The fourth-order valence-corrected chi connectivity index (χ4v) is 2.64. The molecule has 9 heteroatoms. The molecular weight excluding hydrogens is 282 g/mol. The second-order valence-corrected chi connectivity index (χ2v) is 7.09. The van der Waals surface area contributed by atoms with Crippen molar-refractivity contribution in [1.82, 2.24) is 4.89 Å². The van der Waals surface area contributed by atoms with Crippen LogP contribution in [0, 0.1) is 0 Å². The average molecular weight is 293 g/mol. The molecule has 0 saturated carbocycles. The molecule has 0 amide bonds. The van der Waals surface area contributed by atoms with E-state index in [2.05, 4.69) is 4.84 Å². The van der Waals surface area contributed by atoms with Crippen LogP contribution in [0.5, 0.6) is 0 Å². The van der Waals surface area contributed by atoms with Gasteiger partial charge in [0.1, 0.15) is 0 Å². The van der Waals surface area contributed by atoms with Crippen LogP contribution in [0.25, 0.3) is 0 Å². The number of sulfonamides is 1. The number of rotatable bonds is 4. The molecule has 0 unspecified atom stereocenters. The highest BCUT2D eigenvalue weighted by Gasteiger charge is 2.18. The van der Waals surface area contributed by atoms with Crippen molar-refractivity contribution >= 4 is 25.8 Å². The highest BCUT2D eigenvalue weighted by atomic mass is 32.2. The number of nitrogens with one attached hydrogen (secondary N) is 1. The van der Waals surface area contributed by atoms with Gasteiger partial charge in [-0.3, -0.25) is 4.79 Å². The van der Waals surface area contributed by atoms with Crippen molar-refractivity contribution in [3.8, 4) is 0 Å². The smallest absolute Gasteiger partial charge is 0.323 e. The lowest BCUT2D eigenvalue weighted by atomic mass is 10.4. The summed E-state index contributed by atoms with van der Waals surface area (Å²) in [6, 6.07) is 4.70. The number of carbonyl (C=O) groups excluding carboxylic acids is 1. The molecule has 0 aliphatic carbocycles. The zero-order chi connectivity index (χ0) is 14.0. The Balaban J connectivity index is 3.15. The van der Waals surface area contributed by atoms with Crippen molar-refractivity contribution in [2.75, 3.05) is 6.26 Å². The Hall–Kier alpha value is -1.45. The molecule has 0 heterocycles. The van der Waals surface area contributed by atoms with Gasteiger partial charge in [0, 0.05) is 13.2 Å². The van der Waals surface area contributed by atoms with E-state index in [1.54, 1.807) is 4.89 Å². The number of sulfone groups is 1. The fraction of sp³-hybridized carbons (Fsp3) is 0.222. The summed E-state index contributed by atoms with van der Waals surface area (Å²) >= 11 is 0. The maximum Gasteiger partial charge on any atom is 0.323 e. The van der Waals surface area contributed by atoms with Gasteiger partial charge in [-0.2, -0.15) is 0 Å². The highest BCUT2D eigenvalue weighted by Crippen LogP contribution is 2.15. The summed E-state index contributed by atoms with van der Waals surface area (Å²) in [6.07, 6.45) is 0.957. The molecular formula is C9H11NO6S2. The molecule has 0 spiro atoms. The third-order valence-corrected chi connectivity index (χ3v) is 4.13. The van der Waals surface area contributed by atoms with Crippen LogP contribution in [0.2, 0.25) is 0 Å². The van der Waals surface area contributed by atoms with Gasteiger partial charge in [-0.05, 0) is 23.1 Å². The summed E-state index contributed by atoms with van der Waals surface area (Å²) in [5, 5.41) is 0. The van der Waals surface area contributed by atoms with E-state index in [1.807, 2.05) is 0 Å². The van der Waals surface area contributed by atoms with Gasteiger partial charge < -0.3 is 4.84 Å². The summed E-state index contributed by atoms with van der Waals surface area (Å²) in [7, 11) is -7.61. The summed E-state index contributed by atoms with van der Waals surface area (Å²) in [5.74, 6) is -0.835. The Kier molecular flexibility index (Phi) is 4.09. The third-order valence-electron chi connectivity index (χ3n) is 1.84. The summed E-state index contributed by atoms with van der Waals surface area (Å²) in [5.41, 5.74) is 0. The van der Waals surface area contributed by atoms with Crippen LogP contribution in [0.1, 0.15) is 6.92 Å². The molecule has 0 fully saturated rings.